The van der Waals surface area contributed by atoms with Gasteiger partial charge in [0, 0.05) is 37.4 Å². The zero-order chi connectivity index (χ0) is 26.9. The first-order valence-electron chi connectivity index (χ1n) is 13.4. The lowest BCUT2D eigenvalue weighted by Gasteiger charge is -2.52. The Hall–Kier alpha value is -2.78. The molecule has 9 heteroatoms. The molecule has 0 saturated carbocycles. The van der Waals surface area contributed by atoms with Crippen LogP contribution in [0.5, 0.6) is 0 Å². The molecule has 3 heterocycles. The van der Waals surface area contributed by atoms with Gasteiger partial charge in [-0.3, -0.25) is 14.5 Å². The molecule has 0 radical (unpaired) electrons. The van der Waals surface area contributed by atoms with E-state index in [1.807, 2.05) is 32.4 Å². The zero-order valence-electron chi connectivity index (χ0n) is 22.6. The van der Waals surface area contributed by atoms with E-state index in [0.29, 0.717) is 39.0 Å². The van der Waals surface area contributed by atoms with E-state index in [1.165, 1.54) is 12.1 Å². The first kappa shape index (κ1) is 27.3. The van der Waals surface area contributed by atoms with E-state index in [4.69, 9.17) is 5.10 Å². The molecule has 2 N–H and O–H groups in total. The summed E-state index contributed by atoms with van der Waals surface area (Å²) in [5.74, 6) is -0.740. The van der Waals surface area contributed by atoms with Crippen molar-refractivity contribution < 1.29 is 19.1 Å². The van der Waals surface area contributed by atoms with Gasteiger partial charge < -0.3 is 15.3 Å². The van der Waals surface area contributed by atoms with Crippen LogP contribution in [-0.4, -0.2) is 73.8 Å². The average molecular weight is 514 g/mol. The third-order valence-corrected chi connectivity index (χ3v) is 8.10. The van der Waals surface area contributed by atoms with Gasteiger partial charge in [0.15, 0.2) is 0 Å². The van der Waals surface area contributed by atoms with E-state index in [-0.39, 0.29) is 23.5 Å². The highest BCUT2D eigenvalue weighted by molar-refractivity contribution is 6.00. The summed E-state index contributed by atoms with van der Waals surface area (Å²) in [5, 5.41) is 18.2. The number of rotatable bonds is 8. The van der Waals surface area contributed by atoms with Crippen molar-refractivity contribution in [1.82, 2.24) is 24.9 Å². The van der Waals surface area contributed by atoms with Crippen LogP contribution in [0.3, 0.4) is 0 Å². The maximum atomic E-state index is 13.5. The molecule has 2 aromatic rings. The summed E-state index contributed by atoms with van der Waals surface area (Å²) in [6.07, 6.45) is 1.91. The van der Waals surface area contributed by atoms with Crippen molar-refractivity contribution >= 4 is 11.8 Å². The fourth-order valence-electron chi connectivity index (χ4n) is 5.63. The molecule has 202 valence electrons. The van der Waals surface area contributed by atoms with Crippen molar-refractivity contribution in [2.75, 3.05) is 19.6 Å². The normalized spacial score (nSPS) is 21.1. The fourth-order valence-corrected chi connectivity index (χ4v) is 5.63. The smallest absolute Gasteiger partial charge is 0.248 e. The van der Waals surface area contributed by atoms with Crippen molar-refractivity contribution in [2.45, 2.75) is 84.5 Å². The van der Waals surface area contributed by atoms with Crippen LogP contribution in [0.1, 0.15) is 63.4 Å². The molecule has 2 saturated heterocycles. The van der Waals surface area contributed by atoms with Crippen LogP contribution in [0, 0.1) is 25.6 Å². The molecule has 1 spiro atoms. The summed E-state index contributed by atoms with van der Waals surface area (Å²) in [7, 11) is 0. The zero-order valence-corrected chi connectivity index (χ0v) is 22.6. The number of unbranched alkanes of at least 4 members (excludes halogenated alkanes) is 1. The first-order valence-corrected chi connectivity index (χ1v) is 13.4. The summed E-state index contributed by atoms with van der Waals surface area (Å²) < 4.78 is 15.2. The molecule has 1 aromatic carbocycles. The first-order chi connectivity index (χ1) is 17.6. The number of hydrogen-bond donors (Lipinski definition) is 2. The average Bonchev–Trinajstić information content (AvgIpc) is 3.15. The second-order valence-corrected chi connectivity index (χ2v) is 10.9. The van der Waals surface area contributed by atoms with Gasteiger partial charge in [-0.15, -0.1) is 0 Å². The number of aryl methyl sites for hydroxylation is 1. The van der Waals surface area contributed by atoms with Crippen molar-refractivity contribution in [3.63, 3.8) is 0 Å². The number of nitrogens with zero attached hydrogens (tertiary/aromatic N) is 4. The third kappa shape index (κ3) is 5.16. The third-order valence-electron chi connectivity index (χ3n) is 8.10. The molecular formula is C28H40FN5O3. The second kappa shape index (κ2) is 10.9. The molecular weight excluding hydrogens is 473 g/mol. The number of aromatic nitrogens is 2. The van der Waals surface area contributed by atoms with Gasteiger partial charge in [0.2, 0.25) is 11.8 Å². The van der Waals surface area contributed by atoms with E-state index in [2.05, 4.69) is 17.1 Å². The predicted molar refractivity (Wildman–Crippen MR) is 140 cm³/mol. The van der Waals surface area contributed by atoms with E-state index in [1.54, 1.807) is 17.0 Å². The van der Waals surface area contributed by atoms with Crippen molar-refractivity contribution in [3.8, 4) is 5.69 Å². The minimum absolute atomic E-state index is 0.138. The van der Waals surface area contributed by atoms with Gasteiger partial charge in [-0.2, -0.15) is 5.10 Å². The predicted octanol–water partition coefficient (Wildman–Crippen LogP) is 3.11. The number of amides is 2. The molecule has 0 aliphatic carbocycles. The minimum Gasteiger partial charge on any atom is -0.390 e. The lowest BCUT2D eigenvalue weighted by Crippen LogP contribution is -2.74. The van der Waals surface area contributed by atoms with E-state index < -0.39 is 17.7 Å². The van der Waals surface area contributed by atoms with Gasteiger partial charge in [0.1, 0.15) is 17.4 Å². The summed E-state index contributed by atoms with van der Waals surface area (Å²) in [6.45, 7) is 12.3. The summed E-state index contributed by atoms with van der Waals surface area (Å²) in [5.41, 5.74) is 2.98. The number of aliphatic hydroxyl groups is 1. The summed E-state index contributed by atoms with van der Waals surface area (Å²) >= 11 is 0. The quantitative estimate of drug-likeness (QED) is 0.566. The van der Waals surface area contributed by atoms with Crippen LogP contribution in [0.15, 0.2) is 24.3 Å². The topological polar surface area (TPSA) is 90.7 Å². The summed E-state index contributed by atoms with van der Waals surface area (Å²) in [4.78, 5) is 31.1. The minimum atomic E-state index is -0.915. The number of benzene rings is 1. The van der Waals surface area contributed by atoms with Crippen molar-refractivity contribution in [2.24, 2.45) is 5.92 Å². The number of likely N-dealkylation sites (tertiary alicyclic amines) is 1. The van der Waals surface area contributed by atoms with Gasteiger partial charge >= 0.3 is 0 Å². The highest BCUT2D eigenvalue weighted by Crippen LogP contribution is 2.35. The van der Waals surface area contributed by atoms with Gasteiger partial charge in [0.05, 0.1) is 17.5 Å². The molecule has 2 aliphatic rings. The summed E-state index contributed by atoms with van der Waals surface area (Å²) in [6, 6.07) is 5.41. The van der Waals surface area contributed by atoms with Crippen molar-refractivity contribution in [1.29, 1.82) is 0 Å². The monoisotopic (exact) mass is 513 g/mol. The Labute approximate surface area is 218 Å². The number of hydrogen-bond acceptors (Lipinski definition) is 5. The molecule has 8 nitrogen and oxygen atoms in total. The Balaban J connectivity index is 1.51. The SMILES string of the molecule is CCCCN1C(=O)[C@@H]([C@H](O)C(C)C)NC(=O)C12CCN(Cc1c(C)nn(-c3ccc(F)cc3)c1C)CC2. The Morgan fingerprint density at radius 3 is 2.41 bits per heavy atom. The lowest BCUT2D eigenvalue weighted by atomic mass is 9.80. The van der Waals surface area contributed by atoms with Crippen LogP contribution in [0.2, 0.25) is 0 Å². The number of piperidine rings is 1. The highest BCUT2D eigenvalue weighted by Gasteiger charge is 2.54. The molecule has 2 amide bonds. The molecule has 2 fully saturated rings. The Kier molecular flexibility index (Phi) is 8.04. The van der Waals surface area contributed by atoms with Gasteiger partial charge in [-0.05, 0) is 63.3 Å². The second-order valence-electron chi connectivity index (χ2n) is 10.9. The van der Waals surface area contributed by atoms with Crippen LogP contribution in [-0.2, 0) is 16.1 Å². The highest BCUT2D eigenvalue weighted by atomic mass is 19.1. The van der Waals surface area contributed by atoms with E-state index in [9.17, 15) is 19.1 Å². The standard InChI is InChI=1S/C28H40FN5O3/c1-6-7-14-33-26(36)24(25(35)18(2)3)30-27(37)28(33)12-15-32(16-13-28)17-23-19(4)31-34(20(23)5)22-10-8-21(29)9-11-22/h8-11,18,24-25,35H,6-7,12-17H2,1-5H3,(H,30,37)/t24-,25-/m1/s1. The van der Waals surface area contributed by atoms with Crippen LogP contribution in [0.4, 0.5) is 4.39 Å². The Morgan fingerprint density at radius 1 is 1.16 bits per heavy atom. The van der Waals surface area contributed by atoms with Gasteiger partial charge in [-0.25, -0.2) is 9.07 Å². The van der Waals surface area contributed by atoms with Crippen molar-refractivity contribution in [3.05, 3.63) is 47.0 Å². The number of carbonyl (C=O) groups is 2. The number of halogens is 1. The largest absolute Gasteiger partial charge is 0.390 e. The number of aliphatic hydroxyl groups excluding tert-OH is 1. The maximum absolute atomic E-state index is 13.5. The molecule has 0 bridgehead atoms. The van der Waals surface area contributed by atoms with Crippen LogP contribution in [0.25, 0.3) is 5.69 Å². The Morgan fingerprint density at radius 2 is 1.81 bits per heavy atom. The maximum Gasteiger partial charge on any atom is 0.248 e. The van der Waals surface area contributed by atoms with E-state index in [0.717, 1.165) is 35.5 Å². The Bertz CT molecular complexity index is 1120. The number of nitrogens with one attached hydrogen (secondary N) is 1. The van der Waals surface area contributed by atoms with Crippen LogP contribution < -0.4 is 5.32 Å². The molecule has 4 rings (SSSR count). The fraction of sp³-hybridized carbons (Fsp3) is 0.607. The molecule has 2 aliphatic heterocycles. The molecule has 2 atom stereocenters. The van der Waals surface area contributed by atoms with E-state index >= 15 is 0 Å². The lowest BCUT2D eigenvalue weighted by molar-refractivity contribution is -0.165. The van der Waals surface area contributed by atoms with Crippen LogP contribution >= 0.6 is 0 Å². The molecule has 37 heavy (non-hydrogen) atoms. The molecule has 1 aromatic heterocycles. The number of piperazine rings is 1. The van der Waals surface area contributed by atoms with Gasteiger partial charge in [-0.1, -0.05) is 27.2 Å². The molecule has 0 unspecified atom stereocenters. The van der Waals surface area contributed by atoms with Gasteiger partial charge in [0.25, 0.3) is 0 Å². The number of carbonyl (C=O) groups excluding carboxylic acids is 2.